The van der Waals surface area contributed by atoms with Gasteiger partial charge in [-0.25, -0.2) is 24.9 Å². The van der Waals surface area contributed by atoms with Gasteiger partial charge in [0.25, 0.3) is 0 Å². The SMILES string of the molecule is CC(C)N(C#N)CCCc1ccnc(N)c1.CC(C)N(C#N)CCc1ccnc(N)c1.N#CN1CCCC1CCc1ccnc(N)c1.N#CN1CCC[C@H]1/C=C/c1ccnc(N)c1.N#CN1CCC[C@H]1C(O)Cc1ccnc(N)c1. The van der Waals surface area contributed by atoms with Crippen molar-refractivity contribution in [1.82, 2.24) is 49.4 Å². The summed E-state index contributed by atoms with van der Waals surface area (Å²) < 4.78 is 0. The molecule has 5 aromatic heterocycles. The number of hydrogen-bond acceptors (Lipinski definition) is 21. The molecule has 2 unspecified atom stereocenters. The lowest BCUT2D eigenvalue weighted by atomic mass is 10.0. The standard InChI is InChI=1S/C12H16N4O.C12H16N4.C12H14N4.C12H18N4.C11H16N4/c13-8-16-5-1-2-10(16)11(17)6-9-3-4-15-12(14)7-9;2*13-9-16-7-1-2-11(16)4-3-10-5-6-15-12(14)8-10;1-10(2)16(9-13)7-3-4-11-5-6-15-12(14)8-11;1-9(2)15(8-12)6-4-10-3-5-14-11(13)7-10/h3-4,7,10-11,17H,1-2,5-6H2,(H2,14,15);5-6,8,11H,1-4,7H2,(H2,14,15);3-6,8,11H,1-2,7H2,(H2,14,15);5-6,8,10H,3-4,7H2,1-2H3,(H2,14,15);3,5,7,9H,4,6H2,1-2H3,(H2,13,14)/b;;4-3+;;/t10-,11?;;11-;;/m0.0../s1. The number of aryl methyl sites for hydroxylation is 2. The van der Waals surface area contributed by atoms with E-state index in [1.54, 1.807) is 56.7 Å². The highest BCUT2D eigenvalue weighted by molar-refractivity contribution is 5.53. The summed E-state index contributed by atoms with van der Waals surface area (Å²) >= 11 is 0. The number of anilines is 5. The van der Waals surface area contributed by atoms with Crippen LogP contribution in [0.15, 0.2) is 97.7 Å². The van der Waals surface area contributed by atoms with E-state index in [-0.39, 0.29) is 24.2 Å². The van der Waals surface area contributed by atoms with E-state index in [9.17, 15) is 5.11 Å². The molecule has 4 atom stereocenters. The topological polar surface area (TPSA) is 350 Å². The van der Waals surface area contributed by atoms with Crippen LogP contribution < -0.4 is 28.7 Å². The number of nitriles is 5. The van der Waals surface area contributed by atoms with Crippen LogP contribution in [0.3, 0.4) is 0 Å². The van der Waals surface area contributed by atoms with Gasteiger partial charge in [0.1, 0.15) is 29.1 Å². The van der Waals surface area contributed by atoms with Gasteiger partial charge in [-0.2, -0.15) is 26.3 Å². The van der Waals surface area contributed by atoms with Crippen LogP contribution in [-0.2, 0) is 25.7 Å². The van der Waals surface area contributed by atoms with Gasteiger partial charge in [-0.1, -0.05) is 12.2 Å². The van der Waals surface area contributed by atoms with E-state index in [1.807, 2.05) is 93.3 Å². The van der Waals surface area contributed by atoms with Crippen molar-refractivity contribution in [2.75, 3.05) is 61.4 Å². The predicted molar refractivity (Wildman–Crippen MR) is 313 cm³/mol. The van der Waals surface area contributed by atoms with E-state index in [0.29, 0.717) is 41.6 Å². The summed E-state index contributed by atoms with van der Waals surface area (Å²) in [5, 5.41) is 54.6. The van der Waals surface area contributed by atoms with Crippen molar-refractivity contribution in [3.05, 3.63) is 126 Å². The van der Waals surface area contributed by atoms with E-state index in [0.717, 1.165) is 120 Å². The fourth-order valence-electron chi connectivity index (χ4n) is 9.32. The first-order valence-electron chi connectivity index (χ1n) is 27.3. The Bertz CT molecular complexity index is 2870. The largest absolute Gasteiger partial charge is 0.391 e. The molecule has 0 bridgehead atoms. The smallest absolute Gasteiger partial charge is 0.179 e. The number of rotatable bonds is 17. The summed E-state index contributed by atoms with van der Waals surface area (Å²) in [7, 11) is 0. The maximum atomic E-state index is 10.1. The molecule has 0 aromatic carbocycles. The highest BCUT2D eigenvalue weighted by Gasteiger charge is 2.30. The van der Waals surface area contributed by atoms with Crippen LogP contribution in [0.4, 0.5) is 29.1 Å². The molecule has 3 aliphatic rings. The van der Waals surface area contributed by atoms with Crippen LogP contribution in [0, 0.1) is 57.3 Å². The van der Waals surface area contributed by atoms with Crippen LogP contribution >= 0.6 is 0 Å². The van der Waals surface area contributed by atoms with Gasteiger partial charge in [-0.15, -0.1) is 0 Å². The van der Waals surface area contributed by atoms with Crippen molar-refractivity contribution in [2.24, 2.45) is 0 Å². The number of nitrogens with zero attached hydrogens (tertiary/aromatic N) is 15. The Balaban J connectivity index is 0.000000215. The van der Waals surface area contributed by atoms with Crippen LogP contribution in [-0.4, -0.2) is 124 Å². The Morgan fingerprint density at radius 3 is 1.54 bits per heavy atom. The van der Waals surface area contributed by atoms with Crippen molar-refractivity contribution in [2.45, 2.75) is 141 Å². The van der Waals surface area contributed by atoms with Crippen molar-refractivity contribution in [1.29, 1.82) is 26.3 Å². The Labute approximate surface area is 473 Å². The number of aliphatic hydroxyl groups is 1. The molecule has 3 fully saturated rings. The normalized spacial score (nSPS) is 16.4. The highest BCUT2D eigenvalue weighted by Crippen LogP contribution is 2.23. The summed E-state index contributed by atoms with van der Waals surface area (Å²) in [6, 6.07) is 19.9. The lowest BCUT2D eigenvalue weighted by molar-refractivity contribution is 0.0977. The number of pyridine rings is 5. The molecule has 3 saturated heterocycles. The Morgan fingerprint density at radius 2 is 1.01 bits per heavy atom. The summed E-state index contributed by atoms with van der Waals surface area (Å²) in [5.41, 5.74) is 33.4. The summed E-state index contributed by atoms with van der Waals surface area (Å²) in [6.45, 7) is 12.1. The van der Waals surface area contributed by atoms with Crippen LogP contribution in [0.1, 0.15) is 107 Å². The fourth-order valence-corrected chi connectivity index (χ4v) is 9.32. The quantitative estimate of drug-likeness (QED) is 0.0409. The number of likely N-dealkylation sites (tertiary alicyclic amines) is 3. The second kappa shape index (κ2) is 34.6. The third kappa shape index (κ3) is 22.9. The third-order valence-corrected chi connectivity index (χ3v) is 13.7. The van der Waals surface area contributed by atoms with Crippen LogP contribution in [0.2, 0.25) is 0 Å². The van der Waals surface area contributed by atoms with E-state index in [2.05, 4.69) is 62.0 Å². The first-order valence-corrected chi connectivity index (χ1v) is 27.3. The molecule has 80 heavy (non-hydrogen) atoms. The van der Waals surface area contributed by atoms with Gasteiger partial charge < -0.3 is 58.3 Å². The van der Waals surface area contributed by atoms with Gasteiger partial charge in [0, 0.05) is 88.3 Å². The van der Waals surface area contributed by atoms with Crippen molar-refractivity contribution >= 4 is 35.2 Å². The van der Waals surface area contributed by atoms with E-state index >= 15 is 0 Å². The zero-order chi connectivity index (χ0) is 58.2. The average molecular weight is 1090 g/mol. The van der Waals surface area contributed by atoms with Crippen LogP contribution in [0.25, 0.3) is 6.08 Å². The Kier molecular flexibility index (Phi) is 27.5. The van der Waals surface area contributed by atoms with Gasteiger partial charge in [0.05, 0.1) is 18.2 Å². The minimum Gasteiger partial charge on any atom is -0.391 e. The minimum absolute atomic E-state index is 0.0608. The number of nitrogen functional groups attached to an aromatic ring is 5. The van der Waals surface area contributed by atoms with Gasteiger partial charge in [0.15, 0.2) is 31.0 Å². The zero-order valence-electron chi connectivity index (χ0n) is 46.8. The van der Waals surface area contributed by atoms with E-state index in [4.69, 9.17) is 55.0 Å². The van der Waals surface area contributed by atoms with Gasteiger partial charge in [-0.05, 0) is 187 Å². The number of aromatic nitrogens is 5. The molecular weight excluding hydrogens is 1000 g/mol. The third-order valence-electron chi connectivity index (χ3n) is 13.7. The first-order chi connectivity index (χ1) is 38.5. The number of hydrogen-bond donors (Lipinski definition) is 6. The molecule has 0 amide bonds. The van der Waals surface area contributed by atoms with Crippen molar-refractivity contribution in [3.8, 4) is 31.0 Å². The van der Waals surface area contributed by atoms with Gasteiger partial charge in [-0.3, -0.25) is 0 Å². The molecule has 5 aromatic rings. The molecule has 0 spiro atoms. The average Bonchev–Trinajstić information content (AvgIpc) is 4.24. The molecule has 0 radical (unpaired) electrons. The number of nitrogens with two attached hydrogens (primary N) is 5. The molecule has 3 aliphatic heterocycles. The Morgan fingerprint density at radius 1 is 0.562 bits per heavy atom. The molecule has 21 nitrogen and oxygen atoms in total. The highest BCUT2D eigenvalue weighted by atomic mass is 16.3. The van der Waals surface area contributed by atoms with Gasteiger partial charge in [0.2, 0.25) is 0 Å². The second-order valence-electron chi connectivity index (χ2n) is 20.3. The molecule has 21 heteroatoms. The summed E-state index contributed by atoms with van der Waals surface area (Å²) in [5.74, 6) is 2.63. The molecule has 422 valence electrons. The second-order valence-corrected chi connectivity index (χ2v) is 20.3. The van der Waals surface area contributed by atoms with Crippen LogP contribution in [0.5, 0.6) is 0 Å². The maximum Gasteiger partial charge on any atom is 0.179 e. The summed E-state index contributed by atoms with van der Waals surface area (Å²) in [4.78, 5) is 28.6. The maximum absolute atomic E-state index is 10.1. The lowest BCUT2D eigenvalue weighted by Gasteiger charge is -2.24. The summed E-state index contributed by atoms with van der Waals surface area (Å²) in [6.07, 6.45) is 34.4. The lowest BCUT2D eigenvalue weighted by Crippen LogP contribution is -2.37. The molecular formula is C59H80N20O. The van der Waals surface area contributed by atoms with Gasteiger partial charge >= 0.3 is 0 Å². The van der Waals surface area contributed by atoms with Crippen molar-refractivity contribution < 1.29 is 5.11 Å². The minimum atomic E-state index is -0.529. The molecule has 0 saturated carbocycles. The molecule has 0 aliphatic carbocycles. The molecule has 8 heterocycles. The predicted octanol–water partition coefficient (Wildman–Crippen LogP) is 6.86. The zero-order valence-corrected chi connectivity index (χ0v) is 46.8. The fraction of sp³-hybridized carbons (Fsp3) is 0.458. The first kappa shape index (κ1) is 63.4. The van der Waals surface area contributed by atoms with Crippen molar-refractivity contribution in [3.63, 3.8) is 0 Å². The monoisotopic (exact) mass is 1080 g/mol. The van der Waals surface area contributed by atoms with E-state index < -0.39 is 6.10 Å². The Hall–Kier alpha value is -9.10. The van der Waals surface area contributed by atoms with E-state index in [1.165, 1.54) is 11.1 Å². The molecule has 8 rings (SSSR count). The number of aliphatic hydroxyl groups excluding tert-OH is 1. The molecule has 11 N–H and O–H groups in total.